The maximum Gasteiger partial charge on any atom is 0.248 e. The third kappa shape index (κ3) is 6.65. The van der Waals surface area contributed by atoms with Gasteiger partial charge in [0.15, 0.2) is 0 Å². The minimum atomic E-state index is -2.58. The van der Waals surface area contributed by atoms with Crippen LogP contribution in [-0.2, 0) is 14.3 Å². The van der Waals surface area contributed by atoms with E-state index in [1.54, 1.807) is 25.7 Å². The summed E-state index contributed by atoms with van der Waals surface area (Å²) in [6.07, 6.45) is 0.622. The number of halogens is 2. The molecule has 8 heteroatoms. The Bertz CT molecular complexity index is 526. The van der Waals surface area contributed by atoms with Crippen LogP contribution in [0.3, 0.4) is 0 Å². The van der Waals surface area contributed by atoms with E-state index in [9.17, 15) is 23.5 Å². The highest BCUT2D eigenvalue weighted by atomic mass is 19.3. The Labute approximate surface area is 166 Å². The van der Waals surface area contributed by atoms with Gasteiger partial charge in [-0.25, -0.2) is 8.78 Å². The monoisotopic (exact) mass is 404 g/mol. The number of aliphatic hydroxyl groups excluding tert-OH is 1. The van der Waals surface area contributed by atoms with Crippen molar-refractivity contribution in [1.29, 1.82) is 0 Å². The van der Waals surface area contributed by atoms with Crippen LogP contribution in [0.4, 0.5) is 8.78 Å². The molecule has 2 unspecified atom stereocenters. The average Bonchev–Trinajstić information content (AvgIpc) is 2.64. The maximum absolute atomic E-state index is 13.3. The van der Waals surface area contributed by atoms with Gasteiger partial charge in [-0.15, -0.1) is 0 Å². The number of rotatable bonds is 7. The lowest BCUT2D eigenvalue weighted by Gasteiger charge is -2.35. The maximum atomic E-state index is 13.3. The van der Waals surface area contributed by atoms with Gasteiger partial charge < -0.3 is 20.1 Å². The van der Waals surface area contributed by atoms with Gasteiger partial charge in [0, 0.05) is 38.5 Å². The second-order valence-electron chi connectivity index (χ2n) is 8.54. The third-order valence-corrected chi connectivity index (χ3v) is 5.77. The SMILES string of the molecule is CC(C)C(=O)NC(C(=O)N1CCC(O)CC1)C(C)OCC1CCC(F)(F)CC1. The van der Waals surface area contributed by atoms with Crippen LogP contribution in [0.1, 0.15) is 59.3 Å². The number of nitrogens with zero attached hydrogens (tertiary/aromatic N) is 1. The molecule has 6 nitrogen and oxygen atoms in total. The molecule has 1 saturated heterocycles. The van der Waals surface area contributed by atoms with Gasteiger partial charge in [-0.2, -0.15) is 0 Å². The smallest absolute Gasteiger partial charge is 0.248 e. The lowest BCUT2D eigenvalue weighted by atomic mass is 9.87. The molecule has 2 N–H and O–H groups in total. The number of amides is 2. The summed E-state index contributed by atoms with van der Waals surface area (Å²) in [6.45, 7) is 6.43. The van der Waals surface area contributed by atoms with Crippen molar-refractivity contribution in [1.82, 2.24) is 10.2 Å². The van der Waals surface area contributed by atoms with E-state index in [1.807, 2.05) is 0 Å². The molecule has 162 valence electrons. The summed E-state index contributed by atoms with van der Waals surface area (Å²) in [6, 6.07) is -0.824. The molecule has 0 aromatic rings. The molecule has 0 spiro atoms. The summed E-state index contributed by atoms with van der Waals surface area (Å²) >= 11 is 0. The van der Waals surface area contributed by atoms with Gasteiger partial charge >= 0.3 is 0 Å². The van der Waals surface area contributed by atoms with Gasteiger partial charge in [-0.05, 0) is 38.5 Å². The zero-order valence-corrected chi connectivity index (χ0v) is 17.1. The summed E-state index contributed by atoms with van der Waals surface area (Å²) in [5, 5.41) is 12.4. The van der Waals surface area contributed by atoms with Crippen molar-refractivity contribution in [2.75, 3.05) is 19.7 Å². The van der Waals surface area contributed by atoms with Crippen LogP contribution in [0.15, 0.2) is 0 Å². The number of hydrogen-bond acceptors (Lipinski definition) is 4. The van der Waals surface area contributed by atoms with Gasteiger partial charge in [0.25, 0.3) is 0 Å². The number of hydrogen-bond donors (Lipinski definition) is 2. The number of carbonyl (C=O) groups is 2. The van der Waals surface area contributed by atoms with Crippen molar-refractivity contribution in [2.24, 2.45) is 11.8 Å². The number of ether oxygens (including phenoxy) is 1. The topological polar surface area (TPSA) is 78.9 Å². The fourth-order valence-corrected chi connectivity index (χ4v) is 3.63. The quantitative estimate of drug-likeness (QED) is 0.683. The fourth-order valence-electron chi connectivity index (χ4n) is 3.63. The Hall–Kier alpha value is -1.28. The van der Waals surface area contributed by atoms with E-state index < -0.39 is 24.2 Å². The number of alkyl halides is 2. The van der Waals surface area contributed by atoms with Gasteiger partial charge in [0.05, 0.1) is 12.2 Å². The summed E-state index contributed by atoms with van der Waals surface area (Å²) in [5.41, 5.74) is 0. The molecule has 2 fully saturated rings. The number of carbonyl (C=O) groups excluding carboxylic acids is 2. The van der Waals surface area contributed by atoms with Gasteiger partial charge in [0.2, 0.25) is 17.7 Å². The highest BCUT2D eigenvalue weighted by Crippen LogP contribution is 2.36. The van der Waals surface area contributed by atoms with Crippen molar-refractivity contribution < 1.29 is 28.2 Å². The van der Waals surface area contributed by atoms with Gasteiger partial charge in [-0.3, -0.25) is 9.59 Å². The predicted molar refractivity (Wildman–Crippen MR) is 101 cm³/mol. The van der Waals surface area contributed by atoms with E-state index in [4.69, 9.17) is 4.74 Å². The molecule has 0 bridgehead atoms. The first-order valence-corrected chi connectivity index (χ1v) is 10.4. The molecule has 1 heterocycles. The minimum absolute atomic E-state index is 0.0451. The molecular formula is C20H34F2N2O4. The molecule has 0 aromatic carbocycles. The molecule has 2 atom stereocenters. The average molecular weight is 404 g/mol. The number of nitrogens with one attached hydrogen (secondary N) is 1. The van der Waals surface area contributed by atoms with Crippen molar-refractivity contribution in [3.05, 3.63) is 0 Å². The highest BCUT2D eigenvalue weighted by molar-refractivity contribution is 5.88. The van der Waals surface area contributed by atoms with E-state index in [-0.39, 0.29) is 36.5 Å². The lowest BCUT2D eigenvalue weighted by molar-refractivity contribution is -0.143. The molecule has 1 saturated carbocycles. The summed E-state index contributed by atoms with van der Waals surface area (Å²) in [4.78, 5) is 26.9. The Morgan fingerprint density at radius 3 is 2.25 bits per heavy atom. The Balaban J connectivity index is 1.95. The van der Waals surface area contributed by atoms with E-state index in [2.05, 4.69) is 5.32 Å². The third-order valence-electron chi connectivity index (χ3n) is 5.77. The molecule has 28 heavy (non-hydrogen) atoms. The standard InChI is InChI=1S/C20H34F2N2O4/c1-13(2)18(26)23-17(19(27)24-10-6-16(25)7-11-24)14(3)28-12-15-4-8-20(21,22)9-5-15/h13-17,25H,4-12H2,1-3H3,(H,23,26). The van der Waals surface area contributed by atoms with Crippen molar-refractivity contribution in [3.8, 4) is 0 Å². The first-order valence-electron chi connectivity index (χ1n) is 10.4. The first kappa shape index (κ1) is 23.0. The van der Waals surface area contributed by atoms with Crippen LogP contribution in [0, 0.1) is 11.8 Å². The number of aliphatic hydroxyl groups is 1. The summed E-state index contributed by atoms with van der Waals surface area (Å²) < 4.78 is 32.5. The van der Waals surface area contributed by atoms with Crippen molar-refractivity contribution >= 4 is 11.8 Å². The zero-order chi connectivity index (χ0) is 20.9. The van der Waals surface area contributed by atoms with Crippen LogP contribution < -0.4 is 5.32 Å². The minimum Gasteiger partial charge on any atom is -0.393 e. The van der Waals surface area contributed by atoms with Crippen LogP contribution >= 0.6 is 0 Å². The Kier molecular flexibility index (Phi) is 8.18. The second-order valence-corrected chi connectivity index (χ2v) is 8.54. The molecule has 2 amide bonds. The molecule has 1 aliphatic carbocycles. The molecular weight excluding hydrogens is 370 g/mol. The Morgan fingerprint density at radius 2 is 1.71 bits per heavy atom. The van der Waals surface area contributed by atoms with E-state index in [0.29, 0.717) is 45.4 Å². The molecule has 1 aliphatic heterocycles. The zero-order valence-electron chi connectivity index (χ0n) is 17.1. The largest absolute Gasteiger partial charge is 0.393 e. The van der Waals surface area contributed by atoms with Crippen LogP contribution in [0.25, 0.3) is 0 Å². The van der Waals surface area contributed by atoms with Gasteiger partial charge in [0.1, 0.15) is 6.04 Å². The Morgan fingerprint density at radius 1 is 1.14 bits per heavy atom. The van der Waals surface area contributed by atoms with Crippen molar-refractivity contribution in [2.45, 2.75) is 83.5 Å². The predicted octanol–water partition coefficient (Wildman–Crippen LogP) is 2.34. The van der Waals surface area contributed by atoms with Gasteiger partial charge in [-0.1, -0.05) is 13.8 Å². The van der Waals surface area contributed by atoms with Crippen LogP contribution in [0.5, 0.6) is 0 Å². The summed E-state index contributed by atoms with van der Waals surface area (Å²) in [7, 11) is 0. The summed E-state index contributed by atoms with van der Waals surface area (Å²) in [5.74, 6) is -3.26. The second kappa shape index (κ2) is 9.96. The number of likely N-dealkylation sites (tertiary alicyclic amines) is 1. The van der Waals surface area contributed by atoms with Crippen molar-refractivity contribution in [3.63, 3.8) is 0 Å². The first-order chi connectivity index (χ1) is 13.1. The van der Waals surface area contributed by atoms with Crippen LogP contribution in [0.2, 0.25) is 0 Å². The molecule has 2 aliphatic rings. The normalized spacial score (nSPS) is 23.5. The number of piperidine rings is 1. The highest BCUT2D eigenvalue weighted by Gasteiger charge is 2.37. The fraction of sp³-hybridized carbons (Fsp3) is 0.900. The molecule has 0 radical (unpaired) electrons. The molecule has 2 rings (SSSR count). The molecule has 0 aromatic heterocycles. The van der Waals surface area contributed by atoms with E-state index >= 15 is 0 Å². The lowest BCUT2D eigenvalue weighted by Crippen LogP contribution is -2.56. The van der Waals surface area contributed by atoms with E-state index in [0.717, 1.165) is 0 Å². The van der Waals surface area contributed by atoms with E-state index in [1.165, 1.54) is 0 Å². The van der Waals surface area contributed by atoms with Crippen LogP contribution in [-0.4, -0.2) is 65.7 Å².